The van der Waals surface area contributed by atoms with Crippen molar-refractivity contribution in [1.82, 2.24) is 4.72 Å². The second-order valence-corrected chi connectivity index (χ2v) is 7.19. The molecule has 1 aromatic carbocycles. The number of sulfonamides is 1. The van der Waals surface area contributed by atoms with Crippen molar-refractivity contribution in [2.45, 2.75) is 50.5 Å². The highest BCUT2D eigenvalue weighted by Gasteiger charge is 2.31. The van der Waals surface area contributed by atoms with Crippen molar-refractivity contribution in [3.63, 3.8) is 0 Å². The Balaban J connectivity index is 2.13. The van der Waals surface area contributed by atoms with Gasteiger partial charge in [0, 0.05) is 6.04 Å². The Bertz CT molecular complexity index is 501. The first-order valence-corrected chi connectivity index (χ1v) is 8.01. The molecule has 0 radical (unpaired) electrons. The van der Waals surface area contributed by atoms with Crippen LogP contribution in [0.3, 0.4) is 0 Å². The topological polar surface area (TPSA) is 46.2 Å². The van der Waals surface area contributed by atoms with Crippen molar-refractivity contribution < 1.29 is 8.42 Å². The lowest BCUT2D eigenvalue weighted by molar-refractivity contribution is 0.538. The third-order valence-electron chi connectivity index (χ3n) is 3.53. The third-order valence-corrected chi connectivity index (χ3v) is 5.10. The maximum absolute atomic E-state index is 12.1. The van der Waals surface area contributed by atoms with Gasteiger partial charge in [-0.05, 0) is 49.3 Å². The molecule has 0 aromatic heterocycles. The molecule has 1 aromatic rings. The Hall–Kier alpha value is -0.870. The molecule has 100 valence electrons. The summed E-state index contributed by atoms with van der Waals surface area (Å²) in [6.45, 7) is 6.13. The summed E-state index contributed by atoms with van der Waals surface area (Å²) >= 11 is 0. The molecule has 0 saturated heterocycles. The normalized spacial score (nSPS) is 18.0. The minimum absolute atomic E-state index is 0.0415. The van der Waals surface area contributed by atoms with Crippen molar-refractivity contribution in [2.75, 3.05) is 0 Å². The fraction of sp³-hybridized carbons (Fsp3) is 0.571. The van der Waals surface area contributed by atoms with Crippen molar-refractivity contribution >= 4 is 10.0 Å². The van der Waals surface area contributed by atoms with E-state index in [9.17, 15) is 8.42 Å². The lowest BCUT2D eigenvalue weighted by atomic mass is 10.0. The van der Waals surface area contributed by atoms with E-state index in [4.69, 9.17) is 0 Å². The van der Waals surface area contributed by atoms with E-state index >= 15 is 0 Å². The van der Waals surface area contributed by atoms with Crippen molar-refractivity contribution in [2.24, 2.45) is 5.92 Å². The van der Waals surface area contributed by atoms with Gasteiger partial charge in [0.15, 0.2) is 0 Å². The Morgan fingerprint density at radius 1 is 1.11 bits per heavy atom. The first-order valence-electron chi connectivity index (χ1n) is 6.52. The van der Waals surface area contributed by atoms with E-state index in [-0.39, 0.29) is 6.04 Å². The summed E-state index contributed by atoms with van der Waals surface area (Å²) in [6.07, 6.45) is 2.27. The maximum Gasteiger partial charge on any atom is 0.240 e. The van der Waals surface area contributed by atoms with Gasteiger partial charge in [0.25, 0.3) is 0 Å². The molecule has 1 aliphatic rings. The quantitative estimate of drug-likeness (QED) is 0.891. The zero-order valence-electron chi connectivity index (χ0n) is 11.2. The standard InChI is InChI=1S/C14H21NO2S/c1-10(2)12-6-8-14(9-7-12)18(16,17)15-11(3)13-4-5-13/h6-11,13,15H,4-5H2,1-3H3. The van der Waals surface area contributed by atoms with E-state index < -0.39 is 10.0 Å². The average molecular weight is 267 g/mol. The number of hydrogen-bond acceptors (Lipinski definition) is 2. The molecule has 0 aliphatic heterocycles. The predicted octanol–water partition coefficient (Wildman–Crippen LogP) is 2.89. The highest BCUT2D eigenvalue weighted by atomic mass is 32.2. The zero-order chi connectivity index (χ0) is 13.3. The zero-order valence-corrected chi connectivity index (χ0v) is 12.0. The van der Waals surface area contributed by atoms with Crippen LogP contribution in [0.2, 0.25) is 0 Å². The summed E-state index contributed by atoms with van der Waals surface area (Å²) in [5.41, 5.74) is 1.16. The molecule has 1 unspecified atom stereocenters. The summed E-state index contributed by atoms with van der Waals surface area (Å²) in [6, 6.07) is 7.20. The monoisotopic (exact) mass is 267 g/mol. The van der Waals surface area contributed by atoms with Crippen LogP contribution in [0.5, 0.6) is 0 Å². The largest absolute Gasteiger partial charge is 0.240 e. The molecule has 2 rings (SSSR count). The Kier molecular flexibility index (Phi) is 3.78. The minimum Gasteiger partial charge on any atom is -0.208 e. The Labute approximate surface area is 110 Å². The van der Waals surface area contributed by atoms with Gasteiger partial charge in [0.05, 0.1) is 4.90 Å². The van der Waals surface area contributed by atoms with Crippen LogP contribution in [0, 0.1) is 5.92 Å². The van der Waals surface area contributed by atoms with Gasteiger partial charge in [-0.2, -0.15) is 0 Å². The fourth-order valence-corrected chi connectivity index (χ4v) is 3.35. The first kappa shape index (κ1) is 13.6. The summed E-state index contributed by atoms with van der Waals surface area (Å²) in [5, 5.41) is 0. The van der Waals surface area contributed by atoms with E-state index in [2.05, 4.69) is 18.6 Å². The highest BCUT2D eigenvalue weighted by Crippen LogP contribution is 2.33. The van der Waals surface area contributed by atoms with Crippen molar-refractivity contribution in [3.05, 3.63) is 29.8 Å². The third kappa shape index (κ3) is 3.12. The van der Waals surface area contributed by atoms with Gasteiger partial charge >= 0.3 is 0 Å². The van der Waals surface area contributed by atoms with Crippen LogP contribution in [0.15, 0.2) is 29.2 Å². The van der Waals surface area contributed by atoms with Gasteiger partial charge in [0.2, 0.25) is 10.0 Å². The van der Waals surface area contributed by atoms with Gasteiger partial charge < -0.3 is 0 Å². The Morgan fingerprint density at radius 3 is 2.11 bits per heavy atom. The highest BCUT2D eigenvalue weighted by molar-refractivity contribution is 7.89. The van der Waals surface area contributed by atoms with Crippen LogP contribution in [-0.4, -0.2) is 14.5 Å². The molecular formula is C14H21NO2S. The molecule has 0 amide bonds. The average Bonchev–Trinajstić information content (AvgIpc) is 3.12. The van der Waals surface area contributed by atoms with Crippen LogP contribution in [-0.2, 0) is 10.0 Å². The molecule has 1 aliphatic carbocycles. The molecule has 1 N–H and O–H groups in total. The SMILES string of the molecule is CC(C)c1ccc(S(=O)(=O)NC(C)C2CC2)cc1. The van der Waals surface area contributed by atoms with Gasteiger partial charge in [-0.3, -0.25) is 0 Å². The first-order chi connectivity index (χ1) is 8.40. The number of nitrogens with one attached hydrogen (secondary N) is 1. The number of rotatable bonds is 5. The van der Waals surface area contributed by atoms with E-state index in [1.165, 1.54) is 0 Å². The molecule has 0 spiro atoms. The molecule has 1 saturated carbocycles. The molecule has 1 fully saturated rings. The fourth-order valence-electron chi connectivity index (χ4n) is 2.04. The summed E-state index contributed by atoms with van der Waals surface area (Å²) in [4.78, 5) is 0.361. The number of benzene rings is 1. The molecule has 0 bridgehead atoms. The van der Waals surface area contributed by atoms with Gasteiger partial charge in [-0.25, -0.2) is 13.1 Å². The maximum atomic E-state index is 12.1. The van der Waals surface area contributed by atoms with Crippen LogP contribution < -0.4 is 4.72 Å². The molecule has 3 nitrogen and oxygen atoms in total. The second kappa shape index (κ2) is 5.02. The summed E-state index contributed by atoms with van der Waals surface area (Å²) in [7, 11) is -3.36. The lowest BCUT2D eigenvalue weighted by Gasteiger charge is -2.14. The van der Waals surface area contributed by atoms with E-state index in [1.807, 2.05) is 19.1 Å². The van der Waals surface area contributed by atoms with Crippen LogP contribution >= 0.6 is 0 Å². The van der Waals surface area contributed by atoms with Crippen molar-refractivity contribution in [1.29, 1.82) is 0 Å². The van der Waals surface area contributed by atoms with Gasteiger partial charge in [-0.15, -0.1) is 0 Å². The van der Waals surface area contributed by atoms with Gasteiger partial charge in [-0.1, -0.05) is 26.0 Å². The van der Waals surface area contributed by atoms with Crippen LogP contribution in [0.4, 0.5) is 0 Å². The Morgan fingerprint density at radius 2 is 1.67 bits per heavy atom. The molecule has 0 heterocycles. The van der Waals surface area contributed by atoms with Crippen molar-refractivity contribution in [3.8, 4) is 0 Å². The number of hydrogen-bond donors (Lipinski definition) is 1. The minimum atomic E-state index is -3.36. The molecule has 4 heteroatoms. The van der Waals surface area contributed by atoms with E-state index in [0.717, 1.165) is 18.4 Å². The lowest BCUT2D eigenvalue weighted by Crippen LogP contribution is -2.34. The molecule has 18 heavy (non-hydrogen) atoms. The smallest absolute Gasteiger partial charge is 0.208 e. The van der Waals surface area contributed by atoms with E-state index in [1.54, 1.807) is 12.1 Å². The van der Waals surface area contributed by atoms with E-state index in [0.29, 0.717) is 16.7 Å². The summed E-state index contributed by atoms with van der Waals surface area (Å²) < 4.78 is 27.0. The molecular weight excluding hydrogens is 246 g/mol. The predicted molar refractivity (Wildman–Crippen MR) is 73.0 cm³/mol. The summed E-state index contributed by atoms with van der Waals surface area (Å²) in [5.74, 6) is 0.940. The van der Waals surface area contributed by atoms with Crippen LogP contribution in [0.25, 0.3) is 0 Å². The molecule has 1 atom stereocenters. The van der Waals surface area contributed by atoms with Crippen LogP contribution in [0.1, 0.15) is 45.1 Å². The van der Waals surface area contributed by atoms with Gasteiger partial charge in [0.1, 0.15) is 0 Å². The second-order valence-electron chi connectivity index (χ2n) is 5.47.